The summed E-state index contributed by atoms with van der Waals surface area (Å²) >= 11 is 0. The topological polar surface area (TPSA) is 6.48 Å². The molecule has 0 saturated heterocycles. The standard InChI is InChI=1S/C36H30N2/c1-29-17-7-6-14-28-37(36-27-13-11-25-34(29)36)31-21-15-23-33(24-16-22-31)38(35-26-12-10-18-30(35)2)32-19-8-4-3-5-9-20-32/h4-8,10-15,17-19,21,23,25-27,31-32H,1,24,28H2,2H3/b14-6-,17-7-,19-8?,21-15?,33-23+. The molecule has 1 heterocycles. The first kappa shape index (κ1) is 24.8. The summed E-state index contributed by atoms with van der Waals surface area (Å²) in [6, 6.07) is 16.7. The molecule has 0 spiro atoms. The van der Waals surface area contributed by atoms with Crippen LogP contribution < -0.4 is 9.80 Å². The maximum atomic E-state index is 4.29. The molecule has 184 valence electrons. The summed E-state index contributed by atoms with van der Waals surface area (Å²) in [4.78, 5) is 4.65. The van der Waals surface area contributed by atoms with Gasteiger partial charge in [-0.05, 0) is 54.5 Å². The molecule has 0 amide bonds. The van der Waals surface area contributed by atoms with Crippen molar-refractivity contribution in [2.45, 2.75) is 25.4 Å². The Kier molecular flexibility index (Phi) is 7.77. The Morgan fingerprint density at radius 2 is 1.82 bits per heavy atom. The molecule has 2 unspecified atom stereocenters. The van der Waals surface area contributed by atoms with Crippen LogP contribution in [0.15, 0.2) is 133 Å². The minimum Gasteiger partial charge on any atom is -0.350 e. The normalized spacial score (nSPS) is 22.7. The van der Waals surface area contributed by atoms with Gasteiger partial charge in [-0.15, -0.1) is 5.73 Å². The zero-order chi connectivity index (χ0) is 26.2. The molecule has 5 rings (SSSR count). The Labute approximate surface area is 226 Å². The van der Waals surface area contributed by atoms with E-state index in [0.29, 0.717) is 6.42 Å². The zero-order valence-corrected chi connectivity index (χ0v) is 21.6. The van der Waals surface area contributed by atoms with E-state index in [1.807, 2.05) is 12.2 Å². The first-order valence-corrected chi connectivity index (χ1v) is 12.9. The fourth-order valence-electron chi connectivity index (χ4n) is 4.79. The van der Waals surface area contributed by atoms with Gasteiger partial charge in [0.15, 0.2) is 0 Å². The molecule has 2 nitrogen and oxygen atoms in total. The maximum absolute atomic E-state index is 4.29. The van der Waals surface area contributed by atoms with E-state index in [1.54, 1.807) is 6.08 Å². The molecular weight excluding hydrogens is 460 g/mol. The lowest BCUT2D eigenvalue weighted by Gasteiger charge is -2.33. The van der Waals surface area contributed by atoms with Gasteiger partial charge in [-0.2, -0.15) is 0 Å². The molecule has 2 atom stereocenters. The third kappa shape index (κ3) is 5.58. The number of benzene rings is 2. The average Bonchev–Trinajstić information content (AvgIpc) is 2.97. The third-order valence-electron chi connectivity index (χ3n) is 6.68. The number of hydrogen-bond acceptors (Lipinski definition) is 2. The van der Waals surface area contributed by atoms with Crippen LogP contribution in [0.2, 0.25) is 0 Å². The van der Waals surface area contributed by atoms with Crippen LogP contribution in [0.3, 0.4) is 0 Å². The van der Waals surface area contributed by atoms with Crippen LogP contribution in [0.1, 0.15) is 17.5 Å². The Morgan fingerprint density at radius 1 is 0.947 bits per heavy atom. The van der Waals surface area contributed by atoms with Gasteiger partial charge < -0.3 is 9.80 Å². The van der Waals surface area contributed by atoms with E-state index >= 15 is 0 Å². The molecule has 2 aromatic rings. The van der Waals surface area contributed by atoms with E-state index in [1.165, 1.54) is 5.56 Å². The van der Waals surface area contributed by atoms with E-state index in [9.17, 15) is 0 Å². The zero-order valence-electron chi connectivity index (χ0n) is 21.6. The van der Waals surface area contributed by atoms with Gasteiger partial charge >= 0.3 is 0 Å². The minimum absolute atomic E-state index is 0.0623. The third-order valence-corrected chi connectivity index (χ3v) is 6.68. The SMILES string of the molecule is C=C1/C=C\C=C/CN(C2C#CC/C(N(c3ccccc3C)C3C#CC=C=CC=C3)=C\C=C2)c2ccccc21. The first-order chi connectivity index (χ1) is 18.7. The molecule has 2 aliphatic carbocycles. The predicted octanol–water partition coefficient (Wildman–Crippen LogP) is 7.32. The second-order valence-corrected chi connectivity index (χ2v) is 9.22. The molecule has 0 aromatic heterocycles. The van der Waals surface area contributed by atoms with Crippen LogP contribution in [0.5, 0.6) is 0 Å². The van der Waals surface area contributed by atoms with Crippen LogP contribution in [0, 0.1) is 30.6 Å². The minimum atomic E-state index is -0.115. The summed E-state index contributed by atoms with van der Waals surface area (Å²) in [5.41, 5.74) is 9.76. The van der Waals surface area contributed by atoms with Crippen molar-refractivity contribution in [3.8, 4) is 23.7 Å². The number of allylic oxidation sites excluding steroid dienone is 9. The fraction of sp³-hybridized carbons (Fsp3) is 0.139. The molecule has 2 aromatic carbocycles. The van der Waals surface area contributed by atoms with Gasteiger partial charge in [0.25, 0.3) is 0 Å². The van der Waals surface area contributed by atoms with Gasteiger partial charge in [0.2, 0.25) is 0 Å². The molecule has 0 radical (unpaired) electrons. The van der Waals surface area contributed by atoms with Crippen molar-refractivity contribution in [1.29, 1.82) is 0 Å². The summed E-state index contributed by atoms with van der Waals surface area (Å²) in [7, 11) is 0. The van der Waals surface area contributed by atoms with E-state index < -0.39 is 0 Å². The summed E-state index contributed by atoms with van der Waals surface area (Å²) in [6.07, 6.45) is 23.3. The maximum Gasteiger partial charge on any atom is 0.114 e. The number of fused-ring (bicyclic) bond motifs is 1. The highest BCUT2D eigenvalue weighted by molar-refractivity contribution is 5.82. The Hall–Kier alpha value is -4.88. The van der Waals surface area contributed by atoms with Gasteiger partial charge in [-0.1, -0.05) is 103 Å². The average molecular weight is 491 g/mol. The summed E-state index contributed by atoms with van der Waals surface area (Å²) < 4.78 is 0. The van der Waals surface area contributed by atoms with Gasteiger partial charge in [-0.3, -0.25) is 0 Å². The van der Waals surface area contributed by atoms with Gasteiger partial charge in [0, 0.05) is 41.7 Å². The monoisotopic (exact) mass is 490 g/mol. The summed E-state index contributed by atoms with van der Waals surface area (Å²) in [5.74, 6) is 13.6. The molecule has 0 bridgehead atoms. The van der Waals surface area contributed by atoms with Crippen molar-refractivity contribution in [3.63, 3.8) is 0 Å². The molecule has 0 saturated carbocycles. The van der Waals surface area contributed by atoms with Crippen molar-refractivity contribution in [2.75, 3.05) is 16.3 Å². The van der Waals surface area contributed by atoms with E-state index in [2.05, 4.69) is 150 Å². The highest BCUT2D eigenvalue weighted by atomic mass is 15.2. The van der Waals surface area contributed by atoms with E-state index in [-0.39, 0.29) is 12.1 Å². The number of anilines is 2. The van der Waals surface area contributed by atoms with Crippen molar-refractivity contribution >= 4 is 16.9 Å². The molecular formula is C36H30N2. The van der Waals surface area contributed by atoms with Crippen LogP contribution in [0.4, 0.5) is 11.4 Å². The molecule has 0 N–H and O–H groups in total. The number of nitrogens with zero attached hydrogens (tertiary/aromatic N) is 2. The fourth-order valence-corrected chi connectivity index (χ4v) is 4.79. The van der Waals surface area contributed by atoms with E-state index in [4.69, 9.17) is 0 Å². The van der Waals surface area contributed by atoms with Crippen molar-refractivity contribution in [3.05, 3.63) is 145 Å². The number of rotatable bonds is 4. The van der Waals surface area contributed by atoms with Crippen LogP contribution in [-0.2, 0) is 0 Å². The predicted molar refractivity (Wildman–Crippen MR) is 162 cm³/mol. The van der Waals surface area contributed by atoms with Crippen molar-refractivity contribution in [2.24, 2.45) is 0 Å². The van der Waals surface area contributed by atoms with Crippen LogP contribution in [-0.4, -0.2) is 18.6 Å². The molecule has 3 aliphatic rings. The number of para-hydroxylation sites is 2. The summed E-state index contributed by atoms with van der Waals surface area (Å²) in [5, 5.41) is 0. The number of aryl methyl sites for hydroxylation is 1. The molecule has 1 aliphatic heterocycles. The van der Waals surface area contributed by atoms with Gasteiger partial charge in [0.1, 0.15) is 12.1 Å². The molecule has 0 fully saturated rings. The van der Waals surface area contributed by atoms with Gasteiger partial charge in [0.05, 0.1) is 0 Å². The second-order valence-electron chi connectivity index (χ2n) is 9.22. The van der Waals surface area contributed by atoms with Gasteiger partial charge in [-0.25, -0.2) is 0 Å². The highest BCUT2D eigenvalue weighted by Gasteiger charge is 2.22. The van der Waals surface area contributed by atoms with Crippen molar-refractivity contribution in [1.82, 2.24) is 0 Å². The van der Waals surface area contributed by atoms with E-state index in [0.717, 1.165) is 34.8 Å². The lowest BCUT2D eigenvalue weighted by atomic mass is 10.0. The smallest absolute Gasteiger partial charge is 0.114 e. The Balaban J connectivity index is 1.51. The summed E-state index contributed by atoms with van der Waals surface area (Å²) in [6.45, 7) is 7.19. The van der Waals surface area contributed by atoms with Crippen LogP contribution >= 0.6 is 0 Å². The first-order valence-electron chi connectivity index (χ1n) is 12.9. The van der Waals surface area contributed by atoms with Crippen molar-refractivity contribution < 1.29 is 0 Å². The Bertz CT molecular complexity index is 1560. The lowest BCUT2D eigenvalue weighted by molar-refractivity contribution is 0.851. The highest BCUT2D eigenvalue weighted by Crippen LogP contribution is 2.31. The Morgan fingerprint density at radius 3 is 2.74 bits per heavy atom. The second kappa shape index (κ2) is 11.9. The van der Waals surface area contributed by atoms with Crippen LogP contribution in [0.25, 0.3) is 5.57 Å². The lowest BCUT2D eigenvalue weighted by Crippen LogP contribution is -2.35. The quantitative estimate of drug-likeness (QED) is 0.327. The molecule has 2 heteroatoms. The number of hydrogen-bond donors (Lipinski definition) is 0. The largest absolute Gasteiger partial charge is 0.350 e. The molecule has 38 heavy (non-hydrogen) atoms.